The van der Waals surface area contributed by atoms with Gasteiger partial charge in [-0.2, -0.15) is 0 Å². The van der Waals surface area contributed by atoms with Crippen LogP contribution in [0.15, 0.2) is 30.3 Å². The lowest BCUT2D eigenvalue weighted by atomic mass is 9.94. The largest absolute Gasteiger partial charge is 0.477 e. The number of thiophene rings is 2. The number of hydrogen-bond acceptors (Lipinski definition) is 4. The number of hydrogen-bond donors (Lipinski definition) is 1. The molecule has 0 fully saturated rings. The Balaban J connectivity index is 1.55. The molecule has 0 saturated carbocycles. The first-order valence-electron chi connectivity index (χ1n) is 10.7. The van der Waals surface area contributed by atoms with Crippen molar-refractivity contribution >= 4 is 40.5 Å². The van der Waals surface area contributed by atoms with Gasteiger partial charge in [-0.3, -0.25) is 0 Å². The Labute approximate surface area is 181 Å². The van der Waals surface area contributed by atoms with E-state index >= 15 is 0 Å². The quantitative estimate of drug-likeness (QED) is 0.286. The Kier molecular flexibility index (Phi) is 8.25. The maximum Gasteiger partial charge on any atom is 0.345 e. The van der Waals surface area contributed by atoms with Crippen molar-refractivity contribution < 1.29 is 14.7 Å². The second-order valence-electron chi connectivity index (χ2n) is 7.84. The number of carboxylic acids is 1. The Hall–Kier alpha value is -1.72. The number of allylic oxidation sites excluding steroid dienone is 2. The molecule has 1 aliphatic rings. The predicted molar refractivity (Wildman–Crippen MR) is 122 cm³/mol. The van der Waals surface area contributed by atoms with Gasteiger partial charge in [-0.15, -0.1) is 22.7 Å². The van der Waals surface area contributed by atoms with Crippen molar-refractivity contribution in [3.8, 4) is 0 Å². The van der Waals surface area contributed by atoms with Crippen molar-refractivity contribution in [3.05, 3.63) is 49.9 Å². The van der Waals surface area contributed by atoms with Crippen LogP contribution in [0.1, 0.15) is 88.5 Å². The summed E-state index contributed by atoms with van der Waals surface area (Å²) in [6, 6.07) is 8.02. The molecular weight excluding hydrogens is 400 g/mol. The van der Waals surface area contributed by atoms with Crippen molar-refractivity contribution in [2.75, 3.05) is 0 Å². The molecule has 2 aromatic rings. The number of carboxylic acid groups (broad SMARTS) is 1. The van der Waals surface area contributed by atoms with Crippen molar-refractivity contribution in [1.29, 1.82) is 0 Å². The van der Waals surface area contributed by atoms with E-state index < -0.39 is 5.97 Å². The highest BCUT2D eigenvalue weighted by Crippen LogP contribution is 2.41. The van der Waals surface area contributed by atoms with Gasteiger partial charge in [-0.05, 0) is 74.3 Å². The molecule has 0 amide bonds. The van der Waals surface area contributed by atoms with Crippen LogP contribution in [-0.4, -0.2) is 17.4 Å². The molecule has 0 bridgehead atoms. The molecule has 0 saturated heterocycles. The van der Waals surface area contributed by atoms with Crippen molar-refractivity contribution in [2.24, 2.45) is 5.92 Å². The molecule has 0 aromatic carbocycles. The fourth-order valence-electron chi connectivity index (χ4n) is 4.11. The number of aryl methyl sites for hydroxylation is 1. The van der Waals surface area contributed by atoms with E-state index in [1.165, 1.54) is 45.9 Å². The molecule has 0 aliphatic heterocycles. The minimum Gasteiger partial charge on any atom is -0.477 e. The highest BCUT2D eigenvalue weighted by molar-refractivity contribution is 7.14. The first-order valence-corrected chi connectivity index (χ1v) is 12.3. The van der Waals surface area contributed by atoms with Gasteiger partial charge >= 0.3 is 5.97 Å². The third-order valence-corrected chi connectivity index (χ3v) is 8.13. The summed E-state index contributed by atoms with van der Waals surface area (Å²) in [5.74, 6) is -0.211. The Bertz CT molecular complexity index is 846. The van der Waals surface area contributed by atoms with Crippen molar-refractivity contribution in [3.63, 3.8) is 0 Å². The van der Waals surface area contributed by atoms with Gasteiger partial charge in [-0.1, -0.05) is 32.3 Å². The lowest BCUT2D eigenvalue weighted by Gasteiger charge is -2.14. The third kappa shape index (κ3) is 5.89. The van der Waals surface area contributed by atoms with Gasteiger partial charge in [0.15, 0.2) is 0 Å². The Morgan fingerprint density at radius 3 is 2.79 bits per heavy atom. The zero-order chi connectivity index (χ0) is 20.6. The lowest BCUT2D eigenvalue weighted by Crippen LogP contribution is -1.99. The van der Waals surface area contributed by atoms with E-state index in [9.17, 15) is 9.59 Å². The van der Waals surface area contributed by atoms with Crippen LogP contribution in [0.25, 0.3) is 5.57 Å². The third-order valence-electron chi connectivity index (χ3n) is 5.73. The van der Waals surface area contributed by atoms with E-state index in [-0.39, 0.29) is 5.92 Å². The summed E-state index contributed by atoms with van der Waals surface area (Å²) in [7, 11) is 0. The van der Waals surface area contributed by atoms with Crippen LogP contribution in [0.4, 0.5) is 0 Å². The van der Waals surface area contributed by atoms with Gasteiger partial charge in [0.2, 0.25) is 0 Å². The molecule has 156 valence electrons. The molecule has 0 radical (unpaired) electrons. The van der Waals surface area contributed by atoms with Gasteiger partial charge in [0, 0.05) is 20.5 Å². The molecule has 0 spiro atoms. The number of unbranched alkanes of at least 4 members (excludes halogenated alkanes) is 2. The van der Waals surface area contributed by atoms with Crippen LogP contribution in [-0.2, 0) is 11.2 Å². The van der Waals surface area contributed by atoms with Crippen LogP contribution in [0.3, 0.4) is 0 Å². The number of aromatic carboxylic acids is 1. The normalized spacial score (nSPS) is 17.3. The maximum absolute atomic E-state index is 11.6. The average Bonchev–Trinajstić information content (AvgIpc) is 3.45. The first-order chi connectivity index (χ1) is 14.1. The molecular formula is C24H30O3S2. The summed E-state index contributed by atoms with van der Waals surface area (Å²) in [5, 5.41) is 9.06. The molecule has 1 unspecified atom stereocenters. The summed E-state index contributed by atoms with van der Waals surface area (Å²) in [6.07, 6.45) is 13.4. The molecule has 1 aliphatic carbocycles. The minimum atomic E-state index is -0.834. The van der Waals surface area contributed by atoms with E-state index in [0.29, 0.717) is 10.8 Å². The van der Waals surface area contributed by atoms with Gasteiger partial charge in [-0.25, -0.2) is 4.79 Å². The summed E-state index contributed by atoms with van der Waals surface area (Å²) < 4.78 is 0. The van der Waals surface area contributed by atoms with Crippen LogP contribution >= 0.6 is 22.7 Å². The number of aldehydes is 1. The second-order valence-corrected chi connectivity index (χ2v) is 10.1. The van der Waals surface area contributed by atoms with Gasteiger partial charge in [0.1, 0.15) is 11.2 Å². The molecule has 2 aromatic heterocycles. The number of carbonyl (C=O) groups excluding carboxylic acids is 1. The minimum absolute atomic E-state index is 0.0445. The molecule has 2 heterocycles. The predicted octanol–water partition coefficient (Wildman–Crippen LogP) is 7.19. The van der Waals surface area contributed by atoms with E-state index in [1.54, 1.807) is 17.4 Å². The average molecular weight is 431 g/mol. The van der Waals surface area contributed by atoms with Gasteiger partial charge < -0.3 is 9.90 Å². The van der Waals surface area contributed by atoms with Crippen LogP contribution in [0, 0.1) is 5.92 Å². The van der Waals surface area contributed by atoms with E-state index in [4.69, 9.17) is 5.11 Å². The van der Waals surface area contributed by atoms with E-state index in [1.807, 2.05) is 6.07 Å². The zero-order valence-electron chi connectivity index (χ0n) is 17.1. The zero-order valence-corrected chi connectivity index (χ0v) is 18.7. The van der Waals surface area contributed by atoms with Crippen LogP contribution in [0.2, 0.25) is 0 Å². The van der Waals surface area contributed by atoms with Crippen LogP contribution in [0.5, 0.6) is 0 Å². The maximum atomic E-state index is 11.6. The lowest BCUT2D eigenvalue weighted by molar-refractivity contribution is -0.109. The standard InChI is InChI=1S/C24H30O3S2/c1-2-3-4-7-18(16-25)21-14-15-22(29-21)20-11-6-9-17(20)8-5-10-19-12-13-23(28-19)24(26)27/h11-18H,2-10H2,1H3,(H,26,27)/t17-,18?/m0/s1. The first kappa shape index (κ1) is 22.0. The summed E-state index contributed by atoms with van der Waals surface area (Å²) in [6.45, 7) is 2.19. The number of rotatable bonds is 12. The summed E-state index contributed by atoms with van der Waals surface area (Å²) >= 11 is 3.19. The fourth-order valence-corrected chi connectivity index (χ4v) is 6.22. The highest BCUT2D eigenvalue weighted by atomic mass is 32.1. The van der Waals surface area contributed by atoms with Gasteiger partial charge in [0.25, 0.3) is 0 Å². The highest BCUT2D eigenvalue weighted by Gasteiger charge is 2.23. The summed E-state index contributed by atoms with van der Waals surface area (Å²) in [4.78, 5) is 26.7. The monoisotopic (exact) mass is 430 g/mol. The second kappa shape index (κ2) is 10.9. The Morgan fingerprint density at radius 1 is 1.21 bits per heavy atom. The number of carbonyl (C=O) groups is 2. The molecule has 3 nitrogen and oxygen atoms in total. The molecule has 5 heteroatoms. The summed E-state index contributed by atoms with van der Waals surface area (Å²) in [5.41, 5.74) is 1.46. The van der Waals surface area contributed by atoms with E-state index in [2.05, 4.69) is 25.1 Å². The Morgan fingerprint density at radius 2 is 2.07 bits per heavy atom. The SMILES string of the molecule is CCCCCC(C=O)c1ccc(C2=CCC[C@@H]2CCCc2ccc(C(=O)O)s2)s1. The smallest absolute Gasteiger partial charge is 0.345 e. The van der Waals surface area contributed by atoms with Crippen LogP contribution < -0.4 is 0 Å². The topological polar surface area (TPSA) is 54.4 Å². The fraction of sp³-hybridized carbons (Fsp3) is 0.500. The molecule has 2 atom stereocenters. The van der Waals surface area contributed by atoms with Gasteiger partial charge in [0.05, 0.1) is 0 Å². The van der Waals surface area contributed by atoms with Crippen molar-refractivity contribution in [1.82, 2.24) is 0 Å². The van der Waals surface area contributed by atoms with E-state index in [0.717, 1.165) is 49.7 Å². The molecule has 29 heavy (non-hydrogen) atoms. The molecule has 3 rings (SSSR count). The van der Waals surface area contributed by atoms with Crippen molar-refractivity contribution in [2.45, 2.75) is 70.6 Å². The molecule has 1 N–H and O–H groups in total.